The third-order valence-corrected chi connectivity index (χ3v) is 4.34. The van der Waals surface area contributed by atoms with E-state index in [1.165, 1.54) is 47.9 Å². The second-order valence-electron chi connectivity index (χ2n) is 6.06. The van der Waals surface area contributed by atoms with E-state index in [0.29, 0.717) is 12.0 Å². The van der Waals surface area contributed by atoms with Gasteiger partial charge in [0.1, 0.15) is 0 Å². The van der Waals surface area contributed by atoms with Crippen LogP contribution in [-0.4, -0.2) is 6.04 Å². The summed E-state index contributed by atoms with van der Waals surface area (Å²) >= 11 is 0. The first kappa shape index (κ1) is 16.2. The average Bonchev–Trinajstić information content (AvgIpc) is 2.34. The molecule has 0 aliphatic carbocycles. The summed E-state index contributed by atoms with van der Waals surface area (Å²) in [5.74, 6) is 0.667. The molecular weight excluding hydrogens is 230 g/mol. The van der Waals surface area contributed by atoms with Gasteiger partial charge in [0.2, 0.25) is 0 Å². The molecule has 2 N–H and O–H groups in total. The highest BCUT2D eigenvalue weighted by molar-refractivity contribution is 5.38. The lowest BCUT2D eigenvalue weighted by atomic mass is 9.85. The van der Waals surface area contributed by atoms with E-state index in [2.05, 4.69) is 46.8 Å². The van der Waals surface area contributed by atoms with Crippen LogP contribution in [0.1, 0.15) is 61.8 Å². The second-order valence-corrected chi connectivity index (χ2v) is 6.06. The summed E-state index contributed by atoms with van der Waals surface area (Å²) < 4.78 is 0. The smallest absolute Gasteiger partial charge is 0.0108 e. The molecule has 1 aromatic carbocycles. The normalized spacial score (nSPS) is 14.4. The molecule has 0 fully saturated rings. The van der Waals surface area contributed by atoms with E-state index in [4.69, 9.17) is 5.73 Å². The summed E-state index contributed by atoms with van der Waals surface area (Å²) in [6.45, 7) is 11.1. The Hall–Kier alpha value is -0.820. The van der Waals surface area contributed by atoms with Crippen LogP contribution in [-0.2, 0) is 6.42 Å². The number of aryl methyl sites for hydroxylation is 3. The van der Waals surface area contributed by atoms with E-state index in [0.717, 1.165) is 6.42 Å². The lowest BCUT2D eigenvalue weighted by molar-refractivity contribution is 0.368. The SMILES string of the molecule is CCCCC(CC)C(N)Cc1c(C)cc(C)cc1C. The molecule has 1 nitrogen and oxygen atoms in total. The molecule has 0 aliphatic rings. The van der Waals surface area contributed by atoms with Gasteiger partial charge >= 0.3 is 0 Å². The van der Waals surface area contributed by atoms with Crippen LogP contribution in [0.5, 0.6) is 0 Å². The summed E-state index contributed by atoms with van der Waals surface area (Å²) in [4.78, 5) is 0. The van der Waals surface area contributed by atoms with Gasteiger partial charge in [-0.1, -0.05) is 50.8 Å². The highest BCUT2D eigenvalue weighted by Gasteiger charge is 2.17. The van der Waals surface area contributed by atoms with Crippen LogP contribution in [0.25, 0.3) is 0 Å². The first-order chi connectivity index (χ1) is 8.99. The highest BCUT2D eigenvalue weighted by Crippen LogP contribution is 2.23. The zero-order valence-corrected chi connectivity index (χ0v) is 13.4. The topological polar surface area (TPSA) is 26.0 Å². The molecule has 108 valence electrons. The zero-order valence-electron chi connectivity index (χ0n) is 13.4. The number of benzene rings is 1. The van der Waals surface area contributed by atoms with Gasteiger partial charge < -0.3 is 5.73 Å². The summed E-state index contributed by atoms with van der Waals surface area (Å²) in [6, 6.07) is 4.86. The minimum Gasteiger partial charge on any atom is -0.327 e. The van der Waals surface area contributed by atoms with Crippen molar-refractivity contribution in [3.05, 3.63) is 34.4 Å². The van der Waals surface area contributed by atoms with Gasteiger partial charge in [-0.3, -0.25) is 0 Å². The number of hydrogen-bond acceptors (Lipinski definition) is 1. The highest BCUT2D eigenvalue weighted by atomic mass is 14.6. The van der Waals surface area contributed by atoms with Crippen LogP contribution in [0.15, 0.2) is 12.1 Å². The molecule has 0 saturated carbocycles. The van der Waals surface area contributed by atoms with Crippen molar-refractivity contribution >= 4 is 0 Å². The van der Waals surface area contributed by atoms with Gasteiger partial charge in [-0.05, 0) is 56.2 Å². The Labute approximate surface area is 119 Å². The van der Waals surface area contributed by atoms with Gasteiger partial charge in [-0.25, -0.2) is 0 Å². The largest absolute Gasteiger partial charge is 0.327 e. The summed E-state index contributed by atoms with van der Waals surface area (Å²) in [5, 5.41) is 0. The first-order valence-electron chi connectivity index (χ1n) is 7.81. The fourth-order valence-electron chi connectivity index (χ4n) is 3.12. The van der Waals surface area contributed by atoms with Crippen molar-refractivity contribution < 1.29 is 0 Å². The molecule has 1 aromatic rings. The third kappa shape index (κ3) is 4.65. The molecule has 0 heterocycles. The predicted molar refractivity (Wildman–Crippen MR) is 85.6 cm³/mol. The van der Waals surface area contributed by atoms with Crippen LogP contribution >= 0.6 is 0 Å². The minimum absolute atomic E-state index is 0.302. The predicted octanol–water partition coefficient (Wildman–Crippen LogP) is 4.70. The summed E-state index contributed by atoms with van der Waals surface area (Å²) in [6.07, 6.45) is 6.08. The fourth-order valence-corrected chi connectivity index (χ4v) is 3.12. The van der Waals surface area contributed by atoms with Crippen LogP contribution in [0.2, 0.25) is 0 Å². The standard InChI is InChI=1S/C18H31N/c1-6-8-9-16(7-2)18(19)12-17-14(4)10-13(3)11-15(17)5/h10-11,16,18H,6-9,12,19H2,1-5H3. The zero-order chi connectivity index (χ0) is 14.4. The Morgan fingerprint density at radius 2 is 1.63 bits per heavy atom. The van der Waals surface area contributed by atoms with Gasteiger partial charge in [0.25, 0.3) is 0 Å². The summed E-state index contributed by atoms with van der Waals surface area (Å²) in [7, 11) is 0. The Morgan fingerprint density at radius 1 is 1.05 bits per heavy atom. The number of nitrogens with two attached hydrogens (primary N) is 1. The van der Waals surface area contributed by atoms with Crippen molar-refractivity contribution in [2.45, 2.75) is 72.8 Å². The first-order valence-corrected chi connectivity index (χ1v) is 7.81. The van der Waals surface area contributed by atoms with Crippen molar-refractivity contribution in [2.24, 2.45) is 11.7 Å². The van der Waals surface area contributed by atoms with Crippen LogP contribution < -0.4 is 5.73 Å². The van der Waals surface area contributed by atoms with E-state index in [1.807, 2.05) is 0 Å². The van der Waals surface area contributed by atoms with Crippen LogP contribution in [0.4, 0.5) is 0 Å². The van der Waals surface area contributed by atoms with Crippen LogP contribution in [0.3, 0.4) is 0 Å². The Morgan fingerprint density at radius 3 is 2.11 bits per heavy atom. The quantitative estimate of drug-likeness (QED) is 0.756. The molecule has 0 radical (unpaired) electrons. The van der Waals surface area contributed by atoms with E-state index in [9.17, 15) is 0 Å². The Balaban J connectivity index is 2.77. The second kappa shape index (κ2) is 7.69. The Bertz CT molecular complexity index is 372. The molecule has 0 amide bonds. The molecule has 0 saturated heterocycles. The fraction of sp³-hybridized carbons (Fsp3) is 0.667. The maximum absolute atomic E-state index is 6.48. The van der Waals surface area contributed by atoms with Crippen molar-refractivity contribution in [2.75, 3.05) is 0 Å². The summed E-state index contributed by atoms with van der Waals surface area (Å²) in [5.41, 5.74) is 12.1. The van der Waals surface area contributed by atoms with Crippen molar-refractivity contribution in [1.82, 2.24) is 0 Å². The lowest BCUT2D eigenvalue weighted by Crippen LogP contribution is -2.32. The molecule has 1 rings (SSSR count). The van der Waals surface area contributed by atoms with E-state index >= 15 is 0 Å². The molecule has 0 spiro atoms. The van der Waals surface area contributed by atoms with Gasteiger partial charge in [0.05, 0.1) is 0 Å². The molecule has 0 aliphatic heterocycles. The monoisotopic (exact) mass is 261 g/mol. The van der Waals surface area contributed by atoms with Crippen molar-refractivity contribution in [3.8, 4) is 0 Å². The van der Waals surface area contributed by atoms with Crippen LogP contribution in [0, 0.1) is 26.7 Å². The van der Waals surface area contributed by atoms with E-state index < -0.39 is 0 Å². The van der Waals surface area contributed by atoms with Gasteiger partial charge in [0, 0.05) is 6.04 Å². The average molecular weight is 261 g/mol. The van der Waals surface area contributed by atoms with Crippen molar-refractivity contribution in [3.63, 3.8) is 0 Å². The van der Waals surface area contributed by atoms with Gasteiger partial charge in [-0.15, -0.1) is 0 Å². The molecule has 0 aromatic heterocycles. The van der Waals surface area contributed by atoms with Gasteiger partial charge in [0.15, 0.2) is 0 Å². The maximum atomic E-state index is 6.48. The van der Waals surface area contributed by atoms with Gasteiger partial charge in [-0.2, -0.15) is 0 Å². The number of hydrogen-bond donors (Lipinski definition) is 1. The van der Waals surface area contributed by atoms with E-state index in [1.54, 1.807) is 0 Å². The molecule has 2 atom stereocenters. The lowest BCUT2D eigenvalue weighted by Gasteiger charge is -2.24. The number of unbranched alkanes of at least 4 members (excludes halogenated alkanes) is 1. The molecule has 0 bridgehead atoms. The molecular formula is C18H31N. The third-order valence-electron chi connectivity index (χ3n) is 4.34. The molecule has 2 unspecified atom stereocenters. The van der Waals surface area contributed by atoms with E-state index in [-0.39, 0.29) is 0 Å². The van der Waals surface area contributed by atoms with Crippen molar-refractivity contribution in [1.29, 1.82) is 0 Å². The maximum Gasteiger partial charge on any atom is 0.0108 e. The Kier molecular flexibility index (Phi) is 6.57. The number of rotatable bonds is 7. The molecule has 1 heteroatoms. The molecule has 19 heavy (non-hydrogen) atoms. The minimum atomic E-state index is 0.302.